The monoisotopic (exact) mass is 403 g/mol. The molecule has 0 heterocycles. The summed E-state index contributed by atoms with van der Waals surface area (Å²) < 4.78 is 19.1. The van der Waals surface area contributed by atoms with E-state index in [1.54, 1.807) is 20.8 Å². The first-order valence-electron chi connectivity index (χ1n) is 9.09. The SMILES string of the molecule is CC(C)COC(=O)OC(=O)CN(C(=O)OCOC(=O)CC(C)(C)C)C(C)(C)C. The van der Waals surface area contributed by atoms with Crippen LogP contribution in [-0.2, 0) is 28.5 Å². The summed E-state index contributed by atoms with van der Waals surface area (Å²) in [5, 5.41) is 0. The van der Waals surface area contributed by atoms with Crippen LogP contribution < -0.4 is 0 Å². The molecule has 0 unspecified atom stereocenters. The van der Waals surface area contributed by atoms with Gasteiger partial charge in [-0.1, -0.05) is 34.6 Å². The Hall–Kier alpha value is -2.32. The molecule has 0 N–H and O–H groups in total. The van der Waals surface area contributed by atoms with Gasteiger partial charge in [0.1, 0.15) is 6.54 Å². The third-order valence-electron chi connectivity index (χ3n) is 3.13. The first kappa shape index (κ1) is 25.7. The summed E-state index contributed by atoms with van der Waals surface area (Å²) in [6.07, 6.45) is -1.85. The number of ether oxygens (including phenoxy) is 4. The summed E-state index contributed by atoms with van der Waals surface area (Å²) in [4.78, 5) is 48.4. The maximum absolute atomic E-state index is 12.3. The van der Waals surface area contributed by atoms with Crippen molar-refractivity contribution in [3.8, 4) is 0 Å². The minimum absolute atomic E-state index is 0.0877. The fourth-order valence-corrected chi connectivity index (χ4v) is 1.80. The molecular weight excluding hydrogens is 370 g/mol. The molecule has 0 atom stereocenters. The lowest BCUT2D eigenvalue weighted by atomic mass is 9.93. The van der Waals surface area contributed by atoms with Crippen molar-refractivity contribution < 1.29 is 38.1 Å². The molecular formula is C19H33NO8. The van der Waals surface area contributed by atoms with Gasteiger partial charge in [0.15, 0.2) is 0 Å². The number of esters is 2. The maximum Gasteiger partial charge on any atom is 0.516 e. The number of hydrogen-bond acceptors (Lipinski definition) is 8. The Balaban J connectivity index is 4.65. The molecule has 0 fully saturated rings. The molecule has 0 aromatic rings. The van der Waals surface area contributed by atoms with Crippen molar-refractivity contribution in [2.75, 3.05) is 19.9 Å². The van der Waals surface area contributed by atoms with Crippen molar-refractivity contribution in [3.63, 3.8) is 0 Å². The van der Waals surface area contributed by atoms with E-state index in [0.29, 0.717) is 0 Å². The van der Waals surface area contributed by atoms with Crippen LogP contribution >= 0.6 is 0 Å². The Kier molecular flexibility index (Phi) is 9.97. The lowest BCUT2D eigenvalue weighted by Gasteiger charge is -2.33. The van der Waals surface area contributed by atoms with Crippen LogP contribution in [0.25, 0.3) is 0 Å². The van der Waals surface area contributed by atoms with E-state index in [9.17, 15) is 19.2 Å². The van der Waals surface area contributed by atoms with Gasteiger partial charge in [0.05, 0.1) is 13.0 Å². The predicted molar refractivity (Wildman–Crippen MR) is 100 cm³/mol. The number of hydrogen-bond donors (Lipinski definition) is 0. The normalized spacial score (nSPS) is 11.6. The quantitative estimate of drug-likeness (QED) is 0.361. The van der Waals surface area contributed by atoms with Gasteiger partial charge in [0.2, 0.25) is 6.79 Å². The number of amides is 1. The zero-order valence-corrected chi connectivity index (χ0v) is 18.1. The number of nitrogens with zero attached hydrogens (tertiary/aromatic N) is 1. The lowest BCUT2D eigenvalue weighted by molar-refractivity contribution is -0.155. The highest BCUT2D eigenvalue weighted by Gasteiger charge is 2.31. The van der Waals surface area contributed by atoms with Crippen LogP contribution in [-0.4, -0.2) is 54.6 Å². The minimum atomic E-state index is -1.13. The average Bonchev–Trinajstić information content (AvgIpc) is 2.47. The second-order valence-corrected chi connectivity index (χ2v) is 8.97. The van der Waals surface area contributed by atoms with Gasteiger partial charge in [-0.25, -0.2) is 14.4 Å². The topological polar surface area (TPSA) is 108 Å². The number of rotatable bonds is 7. The number of carbonyl (C=O) groups excluding carboxylic acids is 4. The second kappa shape index (κ2) is 10.9. The van der Waals surface area contributed by atoms with Crippen LogP contribution in [0.15, 0.2) is 0 Å². The van der Waals surface area contributed by atoms with Crippen LogP contribution in [0.3, 0.4) is 0 Å². The van der Waals surface area contributed by atoms with Crippen molar-refractivity contribution in [2.24, 2.45) is 11.3 Å². The fraction of sp³-hybridized carbons (Fsp3) is 0.789. The van der Waals surface area contributed by atoms with Crippen molar-refractivity contribution in [2.45, 2.75) is 67.3 Å². The maximum atomic E-state index is 12.3. The lowest BCUT2D eigenvalue weighted by Crippen LogP contribution is -2.49. The van der Waals surface area contributed by atoms with Crippen molar-refractivity contribution in [3.05, 3.63) is 0 Å². The molecule has 0 aliphatic carbocycles. The zero-order valence-electron chi connectivity index (χ0n) is 18.1. The van der Waals surface area contributed by atoms with Crippen molar-refractivity contribution in [1.82, 2.24) is 4.90 Å². The predicted octanol–water partition coefficient (Wildman–Crippen LogP) is 3.50. The third-order valence-corrected chi connectivity index (χ3v) is 3.13. The Morgan fingerprint density at radius 2 is 1.43 bits per heavy atom. The minimum Gasteiger partial charge on any atom is -0.434 e. The number of carbonyl (C=O) groups is 4. The molecule has 0 saturated carbocycles. The molecule has 0 aliphatic heterocycles. The largest absolute Gasteiger partial charge is 0.516 e. The van der Waals surface area contributed by atoms with E-state index in [4.69, 9.17) is 14.2 Å². The summed E-state index contributed by atoms with van der Waals surface area (Å²) in [5.41, 5.74) is -1.07. The second-order valence-electron chi connectivity index (χ2n) is 8.97. The van der Waals surface area contributed by atoms with E-state index in [-0.39, 0.29) is 24.4 Å². The third kappa shape index (κ3) is 12.1. The summed E-state index contributed by atoms with van der Waals surface area (Å²) in [6, 6.07) is 0. The van der Waals surface area contributed by atoms with Crippen LogP contribution in [0.4, 0.5) is 9.59 Å². The smallest absolute Gasteiger partial charge is 0.434 e. The molecule has 0 bridgehead atoms. The summed E-state index contributed by atoms with van der Waals surface area (Å²) in [7, 11) is 0. The van der Waals surface area contributed by atoms with Gasteiger partial charge >= 0.3 is 24.2 Å². The molecule has 0 radical (unpaired) electrons. The molecule has 9 heteroatoms. The molecule has 9 nitrogen and oxygen atoms in total. The Labute approximate surface area is 166 Å². The van der Waals surface area contributed by atoms with E-state index in [1.165, 1.54) is 0 Å². The van der Waals surface area contributed by atoms with Gasteiger partial charge in [-0.15, -0.1) is 0 Å². The Bertz CT molecular complexity index is 557. The Morgan fingerprint density at radius 3 is 1.89 bits per heavy atom. The molecule has 162 valence electrons. The van der Waals surface area contributed by atoms with E-state index in [2.05, 4.69) is 4.74 Å². The molecule has 28 heavy (non-hydrogen) atoms. The fourth-order valence-electron chi connectivity index (χ4n) is 1.80. The first-order valence-corrected chi connectivity index (χ1v) is 9.09. The average molecular weight is 403 g/mol. The standard InChI is InChI=1S/C19H33NO8/c1-13(2)11-25-17(24)28-15(22)10-20(19(6,7)8)16(23)27-12-26-14(21)9-18(3,4)5/h13H,9-12H2,1-8H3. The summed E-state index contributed by atoms with van der Waals surface area (Å²) in [6.45, 7) is 13.3. The van der Waals surface area contributed by atoms with Gasteiger partial charge in [0, 0.05) is 5.54 Å². The van der Waals surface area contributed by atoms with Gasteiger partial charge in [-0.3, -0.25) is 9.69 Å². The molecule has 0 aliphatic rings. The highest BCUT2D eigenvalue weighted by Crippen LogP contribution is 2.19. The highest BCUT2D eigenvalue weighted by molar-refractivity contribution is 5.85. The Morgan fingerprint density at radius 1 is 0.857 bits per heavy atom. The van der Waals surface area contributed by atoms with Gasteiger partial charge in [-0.2, -0.15) is 0 Å². The van der Waals surface area contributed by atoms with Gasteiger partial charge in [-0.05, 0) is 32.1 Å². The van der Waals surface area contributed by atoms with Crippen LogP contribution in [0.1, 0.15) is 61.8 Å². The van der Waals surface area contributed by atoms with E-state index >= 15 is 0 Å². The van der Waals surface area contributed by atoms with Gasteiger partial charge < -0.3 is 18.9 Å². The van der Waals surface area contributed by atoms with Crippen molar-refractivity contribution in [1.29, 1.82) is 0 Å². The van der Waals surface area contributed by atoms with Crippen LogP contribution in [0, 0.1) is 11.3 Å². The molecule has 0 rings (SSSR count). The zero-order chi connectivity index (χ0) is 22.1. The van der Waals surface area contributed by atoms with E-state index < -0.39 is 43.1 Å². The molecule has 0 saturated heterocycles. The van der Waals surface area contributed by atoms with E-state index in [1.807, 2.05) is 34.6 Å². The van der Waals surface area contributed by atoms with Crippen molar-refractivity contribution >= 4 is 24.2 Å². The van der Waals surface area contributed by atoms with Crippen LogP contribution in [0.5, 0.6) is 0 Å². The molecule has 0 aromatic carbocycles. The highest BCUT2D eigenvalue weighted by atomic mass is 16.7. The molecule has 1 amide bonds. The molecule has 0 spiro atoms. The summed E-state index contributed by atoms with van der Waals surface area (Å²) in [5.74, 6) is -1.38. The first-order chi connectivity index (χ1) is 12.6. The van der Waals surface area contributed by atoms with Crippen LogP contribution in [0.2, 0.25) is 0 Å². The molecule has 0 aromatic heterocycles. The van der Waals surface area contributed by atoms with Gasteiger partial charge in [0.25, 0.3) is 0 Å². The summed E-state index contributed by atoms with van der Waals surface area (Å²) >= 11 is 0. The van der Waals surface area contributed by atoms with E-state index in [0.717, 1.165) is 4.90 Å².